The molecule has 144 valence electrons. The van der Waals surface area contributed by atoms with Gasteiger partial charge in [-0.05, 0) is 42.5 Å². The van der Waals surface area contributed by atoms with Gasteiger partial charge in [-0.3, -0.25) is 0 Å². The summed E-state index contributed by atoms with van der Waals surface area (Å²) >= 11 is 0. The molecular weight excluding hydrogens is 371 g/mol. The molecule has 5 nitrogen and oxygen atoms in total. The minimum absolute atomic E-state index is 0.0476. The summed E-state index contributed by atoms with van der Waals surface area (Å²) in [4.78, 5) is 0. The first-order valence-electron chi connectivity index (χ1n) is 9.44. The number of fused-ring (bicyclic) bond motifs is 4. The number of halogens is 1. The first kappa shape index (κ1) is 16.4. The van der Waals surface area contributed by atoms with Gasteiger partial charge in [-0.2, -0.15) is 5.01 Å². The lowest BCUT2D eigenvalue weighted by Crippen LogP contribution is -2.43. The molecule has 0 aliphatic carbocycles. The lowest BCUT2D eigenvalue weighted by molar-refractivity contribution is -0.0328. The molecule has 3 aliphatic heterocycles. The van der Waals surface area contributed by atoms with Crippen LogP contribution in [-0.2, 0) is 0 Å². The van der Waals surface area contributed by atoms with Crippen LogP contribution in [0.25, 0.3) is 5.70 Å². The van der Waals surface area contributed by atoms with Gasteiger partial charge >= 0.3 is 0 Å². The predicted octanol–water partition coefficient (Wildman–Crippen LogP) is 4.55. The largest absolute Gasteiger partial charge is 0.469 e. The fourth-order valence-electron chi connectivity index (χ4n) is 4.05. The number of para-hydroxylation sites is 1. The summed E-state index contributed by atoms with van der Waals surface area (Å²) in [5.41, 5.74) is 7.19. The Morgan fingerprint density at radius 1 is 0.897 bits per heavy atom. The van der Waals surface area contributed by atoms with Gasteiger partial charge in [0.1, 0.15) is 11.6 Å². The van der Waals surface area contributed by atoms with Crippen molar-refractivity contribution >= 4 is 5.70 Å². The molecule has 0 saturated carbocycles. The Labute approximate surface area is 166 Å². The summed E-state index contributed by atoms with van der Waals surface area (Å²) in [5.74, 6) is 1.99. The fourth-order valence-corrected chi connectivity index (χ4v) is 4.05. The number of nitrogens with one attached hydrogen (secondary N) is 1. The van der Waals surface area contributed by atoms with E-state index in [-0.39, 0.29) is 18.7 Å². The Morgan fingerprint density at radius 2 is 1.79 bits per heavy atom. The number of rotatable bonds is 2. The Balaban J connectivity index is 1.42. The number of nitrogens with zero attached hydrogens (tertiary/aromatic N) is 1. The van der Waals surface area contributed by atoms with Crippen LogP contribution in [0.4, 0.5) is 4.39 Å². The van der Waals surface area contributed by atoms with Crippen LogP contribution in [-0.4, -0.2) is 11.8 Å². The SMILES string of the molecule is Fc1cccc([C@H]2Oc3ccccc3[C@@H]3C=C(c4ccc5c(c4)OCO5)NN23)c1. The van der Waals surface area contributed by atoms with Crippen molar-refractivity contribution in [3.8, 4) is 17.2 Å². The third-order valence-electron chi connectivity index (χ3n) is 5.42. The van der Waals surface area contributed by atoms with E-state index in [1.165, 1.54) is 12.1 Å². The number of benzene rings is 3. The summed E-state index contributed by atoms with van der Waals surface area (Å²) in [6, 6.07) is 20.3. The quantitative estimate of drug-likeness (QED) is 0.698. The van der Waals surface area contributed by atoms with E-state index in [0.29, 0.717) is 0 Å². The second-order valence-electron chi connectivity index (χ2n) is 7.18. The molecule has 0 saturated heterocycles. The van der Waals surface area contributed by atoms with E-state index in [0.717, 1.165) is 39.6 Å². The average Bonchev–Trinajstić information content (AvgIpc) is 3.40. The van der Waals surface area contributed by atoms with Crippen molar-refractivity contribution in [2.24, 2.45) is 0 Å². The number of hydrogen-bond acceptors (Lipinski definition) is 5. The van der Waals surface area contributed by atoms with Gasteiger partial charge in [0, 0.05) is 16.7 Å². The second-order valence-corrected chi connectivity index (χ2v) is 7.18. The van der Waals surface area contributed by atoms with Gasteiger partial charge in [0.15, 0.2) is 17.7 Å². The molecular formula is C23H17FN2O3. The van der Waals surface area contributed by atoms with E-state index in [1.54, 1.807) is 6.07 Å². The first-order chi connectivity index (χ1) is 14.3. The van der Waals surface area contributed by atoms with E-state index in [2.05, 4.69) is 17.6 Å². The van der Waals surface area contributed by atoms with Crippen LogP contribution in [0.2, 0.25) is 0 Å². The van der Waals surface area contributed by atoms with Crippen molar-refractivity contribution < 1.29 is 18.6 Å². The third-order valence-corrected chi connectivity index (χ3v) is 5.42. The Bertz CT molecular complexity index is 1150. The van der Waals surface area contributed by atoms with Gasteiger partial charge in [0.2, 0.25) is 6.79 Å². The predicted molar refractivity (Wildman–Crippen MR) is 104 cm³/mol. The van der Waals surface area contributed by atoms with Crippen LogP contribution in [0.3, 0.4) is 0 Å². The zero-order chi connectivity index (χ0) is 19.4. The van der Waals surface area contributed by atoms with Crippen LogP contribution in [0.1, 0.15) is 29.0 Å². The van der Waals surface area contributed by atoms with Crippen LogP contribution >= 0.6 is 0 Å². The molecule has 0 amide bonds. The van der Waals surface area contributed by atoms with E-state index in [1.807, 2.05) is 47.5 Å². The molecule has 0 fully saturated rings. The summed E-state index contributed by atoms with van der Waals surface area (Å²) in [7, 11) is 0. The zero-order valence-electron chi connectivity index (χ0n) is 15.3. The van der Waals surface area contributed by atoms with Crippen LogP contribution in [0, 0.1) is 5.82 Å². The molecule has 3 aliphatic rings. The molecule has 6 rings (SSSR count). The van der Waals surface area contributed by atoms with Crippen molar-refractivity contribution in [1.82, 2.24) is 10.4 Å². The first-order valence-corrected chi connectivity index (χ1v) is 9.44. The lowest BCUT2D eigenvalue weighted by atomic mass is 10.0. The van der Waals surface area contributed by atoms with Gasteiger partial charge in [0.25, 0.3) is 0 Å². The van der Waals surface area contributed by atoms with Gasteiger partial charge < -0.3 is 19.6 Å². The summed E-state index contributed by atoms with van der Waals surface area (Å²) in [6.45, 7) is 0.239. The molecule has 3 aromatic rings. The van der Waals surface area contributed by atoms with E-state index in [4.69, 9.17) is 14.2 Å². The summed E-state index contributed by atoms with van der Waals surface area (Å²) in [6.07, 6.45) is 1.69. The highest BCUT2D eigenvalue weighted by atomic mass is 19.1. The van der Waals surface area contributed by atoms with Crippen molar-refractivity contribution in [3.05, 3.63) is 95.3 Å². The molecule has 0 unspecified atom stereocenters. The normalized spacial score (nSPS) is 21.6. The maximum Gasteiger partial charge on any atom is 0.231 e. The highest BCUT2D eigenvalue weighted by Gasteiger charge is 2.40. The summed E-state index contributed by atoms with van der Waals surface area (Å²) in [5, 5.41) is 2.01. The molecule has 2 atom stereocenters. The van der Waals surface area contributed by atoms with Crippen LogP contribution in [0.5, 0.6) is 17.2 Å². The highest BCUT2D eigenvalue weighted by molar-refractivity contribution is 5.70. The second kappa shape index (κ2) is 6.25. The van der Waals surface area contributed by atoms with Crippen LogP contribution in [0.15, 0.2) is 72.8 Å². The molecule has 29 heavy (non-hydrogen) atoms. The molecule has 3 heterocycles. The molecule has 0 spiro atoms. The van der Waals surface area contributed by atoms with E-state index in [9.17, 15) is 4.39 Å². The van der Waals surface area contributed by atoms with E-state index < -0.39 is 6.23 Å². The number of hydrazine groups is 1. The molecule has 1 N–H and O–H groups in total. The van der Waals surface area contributed by atoms with Crippen molar-refractivity contribution in [2.75, 3.05) is 6.79 Å². The van der Waals surface area contributed by atoms with Crippen LogP contribution < -0.4 is 19.6 Å². The minimum Gasteiger partial charge on any atom is -0.469 e. The highest BCUT2D eigenvalue weighted by Crippen LogP contribution is 2.46. The molecule has 6 heteroatoms. The fraction of sp³-hybridized carbons (Fsp3) is 0.130. The summed E-state index contributed by atoms with van der Waals surface area (Å²) < 4.78 is 31.1. The molecule has 0 bridgehead atoms. The smallest absolute Gasteiger partial charge is 0.231 e. The van der Waals surface area contributed by atoms with Crippen molar-refractivity contribution in [1.29, 1.82) is 0 Å². The maximum absolute atomic E-state index is 13.9. The van der Waals surface area contributed by atoms with Crippen molar-refractivity contribution in [2.45, 2.75) is 12.3 Å². The molecule has 0 aromatic heterocycles. The molecule has 0 radical (unpaired) electrons. The van der Waals surface area contributed by atoms with Gasteiger partial charge in [0.05, 0.1) is 11.7 Å². The van der Waals surface area contributed by atoms with Crippen molar-refractivity contribution in [3.63, 3.8) is 0 Å². The topological polar surface area (TPSA) is 43.0 Å². The van der Waals surface area contributed by atoms with E-state index >= 15 is 0 Å². The average molecular weight is 388 g/mol. The maximum atomic E-state index is 13.9. The standard InChI is InChI=1S/C23H17FN2O3/c24-16-5-3-4-15(10-16)23-26-19(17-6-1-2-7-20(17)29-23)12-18(25-26)14-8-9-21-22(11-14)28-13-27-21/h1-12,19,23,25H,13H2/t19-,23+/m0/s1. The zero-order valence-corrected chi connectivity index (χ0v) is 15.3. The van der Waals surface area contributed by atoms with Gasteiger partial charge in [-0.15, -0.1) is 0 Å². The minimum atomic E-state index is -0.464. The number of hydrogen-bond donors (Lipinski definition) is 1. The lowest BCUT2D eigenvalue weighted by Gasteiger charge is -2.38. The Kier molecular flexibility index (Phi) is 3.55. The third kappa shape index (κ3) is 2.64. The van der Waals surface area contributed by atoms with Gasteiger partial charge in [-0.25, -0.2) is 4.39 Å². The van der Waals surface area contributed by atoms with Gasteiger partial charge in [-0.1, -0.05) is 30.3 Å². The monoisotopic (exact) mass is 388 g/mol. The Hall–Kier alpha value is -3.51. The number of ether oxygens (including phenoxy) is 3. The molecule has 3 aromatic carbocycles. The Morgan fingerprint density at radius 3 is 2.72 bits per heavy atom.